The van der Waals surface area contributed by atoms with Crippen molar-refractivity contribution in [3.05, 3.63) is 22.8 Å². The molecule has 1 N–H and O–H groups in total. The number of carboxylic acid groups (broad SMARTS) is 1. The predicted octanol–water partition coefficient (Wildman–Crippen LogP) is 5.38. The van der Waals surface area contributed by atoms with E-state index < -0.39 is 59.4 Å². The third kappa shape index (κ3) is 5.48. The lowest BCUT2D eigenvalue weighted by Crippen LogP contribution is -2.38. The maximum atomic E-state index is 13.4. The topological polar surface area (TPSA) is 37.3 Å². The van der Waals surface area contributed by atoms with Crippen LogP contribution in [0.15, 0.2) is 22.8 Å². The van der Waals surface area contributed by atoms with Crippen LogP contribution in [0.1, 0.15) is 0 Å². The molecular formula is C10H2F14O2. The number of aliphatic carboxylic acids is 1. The molecule has 0 atom stereocenters. The number of rotatable bonds is 3. The van der Waals surface area contributed by atoms with E-state index in [9.17, 15) is 66.3 Å². The third-order valence-corrected chi connectivity index (χ3v) is 2.37. The van der Waals surface area contributed by atoms with Crippen molar-refractivity contribution in [3.8, 4) is 0 Å². The summed E-state index contributed by atoms with van der Waals surface area (Å²) < 4.78 is 174. The maximum absolute atomic E-state index is 13.4. The van der Waals surface area contributed by atoms with Crippen molar-refractivity contribution in [2.75, 3.05) is 0 Å². The second-order valence-corrected chi connectivity index (χ2v) is 4.23. The van der Waals surface area contributed by atoms with Crippen LogP contribution in [-0.2, 0) is 4.79 Å². The highest BCUT2D eigenvalue weighted by Crippen LogP contribution is 2.48. The number of carbonyl (C=O) groups is 1. The average Bonchev–Trinajstić information content (AvgIpc) is 2.17. The largest absolute Gasteiger partial charge is 0.477 e. The molecule has 0 spiro atoms. The molecule has 0 rings (SSSR count). The Morgan fingerprint density at radius 2 is 1.00 bits per heavy atom. The minimum atomic E-state index is -6.82. The molecule has 16 heteroatoms. The summed E-state index contributed by atoms with van der Waals surface area (Å²) in [7, 11) is 0. The molecule has 152 valence electrons. The van der Waals surface area contributed by atoms with Crippen LogP contribution in [0.25, 0.3) is 0 Å². The van der Waals surface area contributed by atoms with Crippen molar-refractivity contribution in [2.45, 2.75) is 24.7 Å². The first kappa shape index (κ1) is 24.0. The minimum absolute atomic E-state index is 3.57. The molecule has 0 aromatic heterocycles. The second kappa shape index (κ2) is 6.94. The van der Waals surface area contributed by atoms with Gasteiger partial charge in [-0.1, -0.05) is 0 Å². The number of hydrogen-bond acceptors (Lipinski definition) is 1. The molecule has 0 radical (unpaired) electrons. The number of allylic oxidation sites excluding steroid dienone is 2. The zero-order valence-corrected chi connectivity index (χ0v) is 11.2. The molecule has 0 aromatic carbocycles. The van der Waals surface area contributed by atoms with Gasteiger partial charge in [-0.25, -0.2) is 13.6 Å². The first-order valence-electron chi connectivity index (χ1n) is 5.44. The molecule has 0 aromatic rings. The first-order chi connectivity index (χ1) is 11.1. The Labute approximate surface area is 132 Å². The van der Waals surface area contributed by atoms with Crippen molar-refractivity contribution in [1.82, 2.24) is 0 Å². The molecule has 0 saturated carbocycles. The molecule has 0 aliphatic carbocycles. The van der Waals surface area contributed by atoms with Gasteiger partial charge in [-0.2, -0.15) is 52.7 Å². The summed E-state index contributed by atoms with van der Waals surface area (Å²) in [5, 5.41) is 8.23. The zero-order chi connectivity index (χ0) is 21.5. The van der Waals surface area contributed by atoms with E-state index in [-0.39, 0.29) is 0 Å². The summed E-state index contributed by atoms with van der Waals surface area (Å²) in [5.41, 5.74) is -8.14. The lowest BCUT2D eigenvalue weighted by Gasteiger charge is -2.23. The number of alkyl halides is 12. The Bertz CT molecular complexity index is 582. The highest BCUT2D eigenvalue weighted by Gasteiger charge is 2.62. The van der Waals surface area contributed by atoms with E-state index in [4.69, 9.17) is 5.11 Å². The molecule has 26 heavy (non-hydrogen) atoms. The molecule has 0 saturated heterocycles. The van der Waals surface area contributed by atoms with E-state index in [1.54, 1.807) is 0 Å². The molecule has 2 nitrogen and oxygen atoms in total. The number of hydrogen-bond donors (Lipinski definition) is 1. The lowest BCUT2D eigenvalue weighted by atomic mass is 9.99. The summed E-state index contributed by atoms with van der Waals surface area (Å²) in [4.78, 5) is 10.5. The predicted molar refractivity (Wildman–Crippen MR) is 51.6 cm³/mol. The summed E-state index contributed by atoms with van der Waals surface area (Å²) in [6, 6.07) is 0. The molecular weight excluding hydrogens is 418 g/mol. The van der Waals surface area contributed by atoms with Crippen molar-refractivity contribution in [2.24, 2.45) is 5.92 Å². The second-order valence-electron chi connectivity index (χ2n) is 4.23. The first-order valence-corrected chi connectivity index (χ1v) is 5.44. The van der Waals surface area contributed by atoms with Crippen LogP contribution in [-0.4, -0.2) is 35.8 Å². The zero-order valence-electron chi connectivity index (χ0n) is 11.2. The van der Waals surface area contributed by atoms with Gasteiger partial charge in [0.05, 0.1) is 0 Å². The Morgan fingerprint density at radius 3 is 1.19 bits per heavy atom. The lowest BCUT2D eigenvalue weighted by molar-refractivity contribution is -0.275. The van der Waals surface area contributed by atoms with Crippen LogP contribution in [0.5, 0.6) is 0 Å². The van der Waals surface area contributed by atoms with Crippen molar-refractivity contribution in [1.29, 1.82) is 0 Å². The normalized spacial score (nSPS) is 15.0. The highest BCUT2D eigenvalue weighted by molar-refractivity contribution is 5.92. The van der Waals surface area contributed by atoms with Gasteiger partial charge in [-0.05, 0) is 0 Å². The van der Waals surface area contributed by atoms with Gasteiger partial charge in [0.1, 0.15) is 11.4 Å². The van der Waals surface area contributed by atoms with E-state index in [1.807, 2.05) is 0 Å². The fourth-order valence-corrected chi connectivity index (χ4v) is 1.45. The summed E-state index contributed by atoms with van der Waals surface area (Å²) in [6.07, 6.45) is -27.1. The summed E-state index contributed by atoms with van der Waals surface area (Å²) in [6.45, 7) is 0. The number of carboxylic acids is 1. The van der Waals surface area contributed by atoms with Crippen LogP contribution < -0.4 is 0 Å². The van der Waals surface area contributed by atoms with Crippen molar-refractivity contribution >= 4 is 5.97 Å². The summed E-state index contributed by atoms with van der Waals surface area (Å²) >= 11 is 0. The van der Waals surface area contributed by atoms with E-state index in [0.29, 0.717) is 0 Å². The van der Waals surface area contributed by atoms with Crippen LogP contribution >= 0.6 is 0 Å². The van der Waals surface area contributed by atoms with Crippen molar-refractivity contribution in [3.63, 3.8) is 0 Å². The smallest absolute Gasteiger partial charge is 0.424 e. The van der Waals surface area contributed by atoms with Gasteiger partial charge in [-0.3, -0.25) is 0 Å². The van der Waals surface area contributed by atoms with E-state index in [2.05, 4.69) is 0 Å². The van der Waals surface area contributed by atoms with E-state index >= 15 is 0 Å². The van der Waals surface area contributed by atoms with Gasteiger partial charge in [0, 0.05) is 0 Å². The van der Waals surface area contributed by atoms with Gasteiger partial charge in [0.25, 0.3) is 0 Å². The standard InChI is InChI=1S/C10H2F14O2/c11-2(4(7(13,14)15)8(16,17)18)1(6(25)26)3(12)5(9(19,20)21)10(22,23)24/h4H,(H,25,26)/b2-1+. The quantitative estimate of drug-likeness (QED) is 0.378. The van der Waals surface area contributed by atoms with Gasteiger partial charge >= 0.3 is 30.7 Å². The molecule has 0 unspecified atom stereocenters. The molecule has 0 bridgehead atoms. The average molecular weight is 420 g/mol. The van der Waals surface area contributed by atoms with E-state index in [1.165, 1.54) is 0 Å². The van der Waals surface area contributed by atoms with Gasteiger partial charge in [0.15, 0.2) is 11.4 Å². The maximum Gasteiger partial charge on any atom is 0.424 e. The van der Waals surface area contributed by atoms with Gasteiger partial charge < -0.3 is 5.11 Å². The Balaban J connectivity index is 7.12. The van der Waals surface area contributed by atoms with Crippen LogP contribution in [0.3, 0.4) is 0 Å². The summed E-state index contributed by atoms with van der Waals surface area (Å²) in [5.74, 6) is -17.4. The fourth-order valence-electron chi connectivity index (χ4n) is 1.45. The Kier molecular flexibility index (Phi) is 6.40. The molecule has 0 aliphatic heterocycles. The monoisotopic (exact) mass is 420 g/mol. The van der Waals surface area contributed by atoms with Crippen LogP contribution in [0.4, 0.5) is 61.5 Å². The van der Waals surface area contributed by atoms with Gasteiger partial charge in [-0.15, -0.1) is 0 Å². The molecule has 0 heterocycles. The molecule has 0 fully saturated rings. The SMILES string of the molecule is O=C(O)/C(C(F)=C(C(F)(F)F)C(F)(F)F)=C(/F)C(C(F)(F)F)C(F)(F)F. The van der Waals surface area contributed by atoms with Crippen LogP contribution in [0, 0.1) is 5.92 Å². The van der Waals surface area contributed by atoms with Crippen LogP contribution in [0.2, 0.25) is 0 Å². The number of halogens is 14. The Morgan fingerprint density at radius 1 is 0.692 bits per heavy atom. The minimum Gasteiger partial charge on any atom is -0.477 e. The van der Waals surface area contributed by atoms with E-state index in [0.717, 1.165) is 0 Å². The molecule has 0 aliphatic rings. The molecule has 0 amide bonds. The highest BCUT2D eigenvalue weighted by atomic mass is 19.4. The van der Waals surface area contributed by atoms with Gasteiger partial charge in [0.2, 0.25) is 5.92 Å². The Hall–Kier alpha value is -2.03. The van der Waals surface area contributed by atoms with Crippen molar-refractivity contribution < 1.29 is 71.4 Å². The fraction of sp³-hybridized carbons (Fsp3) is 0.500. The third-order valence-electron chi connectivity index (χ3n) is 2.37.